The standard InChI is InChI=1S/C17H30N2O/c1-7-13-9-10-14(19-12-13)11-15(18-6)16(20-8-2)17(3,4)5/h9-10,12,15-16,18H,7-8,11H2,1-6H3. The van der Waals surface area contributed by atoms with E-state index < -0.39 is 0 Å². The molecule has 1 aromatic rings. The van der Waals surface area contributed by atoms with E-state index >= 15 is 0 Å². The van der Waals surface area contributed by atoms with Crippen molar-refractivity contribution < 1.29 is 4.74 Å². The van der Waals surface area contributed by atoms with Gasteiger partial charge in [-0.25, -0.2) is 0 Å². The van der Waals surface area contributed by atoms with Crippen LogP contribution in [0.3, 0.4) is 0 Å². The lowest BCUT2D eigenvalue weighted by Gasteiger charge is -2.36. The van der Waals surface area contributed by atoms with Crippen LogP contribution in [-0.2, 0) is 17.6 Å². The molecule has 0 radical (unpaired) electrons. The van der Waals surface area contributed by atoms with Gasteiger partial charge in [-0.2, -0.15) is 0 Å². The zero-order chi connectivity index (χ0) is 15.2. The number of ether oxygens (including phenoxy) is 1. The van der Waals surface area contributed by atoms with Crippen molar-refractivity contribution in [2.45, 2.75) is 59.6 Å². The Kier molecular flexibility index (Phi) is 6.63. The predicted octanol–water partition coefficient (Wildman–Crippen LogP) is 3.23. The summed E-state index contributed by atoms with van der Waals surface area (Å²) in [7, 11) is 2.00. The Labute approximate surface area is 124 Å². The van der Waals surface area contributed by atoms with Gasteiger partial charge in [-0.1, -0.05) is 33.8 Å². The van der Waals surface area contributed by atoms with Crippen LogP contribution in [0.15, 0.2) is 18.3 Å². The van der Waals surface area contributed by atoms with E-state index in [1.54, 1.807) is 0 Å². The Bertz CT molecular complexity index is 381. The van der Waals surface area contributed by atoms with Crippen molar-refractivity contribution in [2.24, 2.45) is 5.41 Å². The molecule has 0 aliphatic carbocycles. The third-order valence-corrected chi connectivity index (χ3v) is 3.66. The van der Waals surface area contributed by atoms with E-state index in [2.05, 4.69) is 57.1 Å². The Morgan fingerprint density at radius 2 is 1.95 bits per heavy atom. The second-order valence-electron chi connectivity index (χ2n) is 6.35. The molecule has 1 rings (SSSR count). The molecule has 20 heavy (non-hydrogen) atoms. The summed E-state index contributed by atoms with van der Waals surface area (Å²) in [6, 6.07) is 4.58. The lowest BCUT2D eigenvalue weighted by Crippen LogP contribution is -2.48. The first-order valence-electron chi connectivity index (χ1n) is 7.65. The van der Waals surface area contributed by atoms with E-state index in [1.807, 2.05) is 13.2 Å². The zero-order valence-corrected chi connectivity index (χ0v) is 13.9. The fraction of sp³-hybridized carbons (Fsp3) is 0.706. The van der Waals surface area contributed by atoms with Crippen LogP contribution < -0.4 is 5.32 Å². The third-order valence-electron chi connectivity index (χ3n) is 3.66. The van der Waals surface area contributed by atoms with Gasteiger partial charge in [-0.15, -0.1) is 0 Å². The van der Waals surface area contributed by atoms with Crippen molar-refractivity contribution in [3.05, 3.63) is 29.6 Å². The monoisotopic (exact) mass is 278 g/mol. The molecule has 1 heterocycles. The van der Waals surface area contributed by atoms with Gasteiger partial charge in [0.15, 0.2) is 0 Å². The van der Waals surface area contributed by atoms with E-state index in [4.69, 9.17) is 4.74 Å². The minimum atomic E-state index is 0.104. The van der Waals surface area contributed by atoms with E-state index in [0.717, 1.165) is 25.1 Å². The van der Waals surface area contributed by atoms with Crippen LogP contribution in [0.2, 0.25) is 0 Å². The molecule has 2 atom stereocenters. The maximum absolute atomic E-state index is 5.99. The zero-order valence-electron chi connectivity index (χ0n) is 13.9. The van der Waals surface area contributed by atoms with Crippen molar-refractivity contribution in [3.63, 3.8) is 0 Å². The normalized spacial score (nSPS) is 15.1. The SMILES string of the molecule is CCOC(C(Cc1ccc(CC)cn1)NC)C(C)(C)C. The average molecular weight is 278 g/mol. The molecule has 0 saturated heterocycles. The molecule has 114 valence electrons. The Morgan fingerprint density at radius 1 is 1.25 bits per heavy atom. The Hall–Kier alpha value is -0.930. The van der Waals surface area contributed by atoms with Gasteiger partial charge in [0.2, 0.25) is 0 Å². The summed E-state index contributed by atoms with van der Waals surface area (Å²) in [5, 5.41) is 3.41. The highest BCUT2D eigenvalue weighted by atomic mass is 16.5. The van der Waals surface area contributed by atoms with E-state index in [9.17, 15) is 0 Å². The molecule has 2 unspecified atom stereocenters. The maximum Gasteiger partial charge on any atom is 0.0779 e. The molecule has 0 spiro atoms. The summed E-state index contributed by atoms with van der Waals surface area (Å²) < 4.78 is 5.99. The summed E-state index contributed by atoms with van der Waals surface area (Å²) >= 11 is 0. The molecule has 1 aromatic heterocycles. The smallest absolute Gasteiger partial charge is 0.0779 e. The lowest BCUT2D eigenvalue weighted by molar-refractivity contribution is -0.0342. The van der Waals surface area contributed by atoms with Gasteiger partial charge < -0.3 is 10.1 Å². The first kappa shape index (κ1) is 17.1. The number of hydrogen-bond acceptors (Lipinski definition) is 3. The van der Waals surface area contributed by atoms with E-state index in [1.165, 1.54) is 5.56 Å². The van der Waals surface area contributed by atoms with Crippen LogP contribution in [-0.4, -0.2) is 30.8 Å². The van der Waals surface area contributed by atoms with Crippen LogP contribution in [0.25, 0.3) is 0 Å². The topological polar surface area (TPSA) is 34.1 Å². The maximum atomic E-state index is 5.99. The Morgan fingerprint density at radius 3 is 2.35 bits per heavy atom. The highest BCUT2D eigenvalue weighted by Crippen LogP contribution is 2.26. The number of nitrogens with zero attached hydrogens (tertiary/aromatic N) is 1. The molecule has 0 aliphatic rings. The fourth-order valence-corrected chi connectivity index (χ4v) is 2.52. The number of nitrogens with one attached hydrogen (secondary N) is 1. The number of aromatic nitrogens is 1. The number of pyridine rings is 1. The van der Waals surface area contributed by atoms with Gasteiger partial charge in [0, 0.05) is 31.0 Å². The van der Waals surface area contributed by atoms with Crippen molar-refractivity contribution in [2.75, 3.05) is 13.7 Å². The number of hydrogen-bond donors (Lipinski definition) is 1. The lowest BCUT2D eigenvalue weighted by atomic mass is 9.83. The van der Waals surface area contributed by atoms with Gasteiger partial charge in [-0.05, 0) is 37.4 Å². The average Bonchev–Trinajstić information content (AvgIpc) is 2.42. The molecule has 0 fully saturated rings. The molecule has 0 saturated carbocycles. The first-order valence-corrected chi connectivity index (χ1v) is 7.65. The second kappa shape index (κ2) is 7.75. The van der Waals surface area contributed by atoms with Crippen molar-refractivity contribution in [3.8, 4) is 0 Å². The first-order chi connectivity index (χ1) is 9.42. The molecule has 0 amide bonds. The van der Waals surface area contributed by atoms with E-state index in [-0.39, 0.29) is 17.6 Å². The van der Waals surface area contributed by atoms with Crippen molar-refractivity contribution in [1.29, 1.82) is 0 Å². The van der Waals surface area contributed by atoms with Gasteiger partial charge >= 0.3 is 0 Å². The summed E-state index contributed by atoms with van der Waals surface area (Å²) in [6.07, 6.45) is 4.08. The van der Waals surface area contributed by atoms with E-state index in [0.29, 0.717) is 0 Å². The summed E-state index contributed by atoms with van der Waals surface area (Å²) in [6.45, 7) is 11.6. The molecule has 0 aromatic carbocycles. The van der Waals surface area contributed by atoms with Crippen LogP contribution in [0.4, 0.5) is 0 Å². The Balaban J connectivity index is 2.82. The highest BCUT2D eigenvalue weighted by molar-refractivity contribution is 5.15. The van der Waals surface area contributed by atoms with Crippen LogP contribution in [0, 0.1) is 5.41 Å². The van der Waals surface area contributed by atoms with Crippen molar-refractivity contribution in [1.82, 2.24) is 10.3 Å². The van der Waals surface area contributed by atoms with Crippen molar-refractivity contribution >= 4 is 0 Å². The quantitative estimate of drug-likeness (QED) is 0.831. The number of rotatable bonds is 7. The summed E-state index contributed by atoms with van der Waals surface area (Å²) in [4.78, 5) is 4.57. The summed E-state index contributed by atoms with van der Waals surface area (Å²) in [5.74, 6) is 0. The molecule has 3 nitrogen and oxygen atoms in total. The number of likely N-dealkylation sites (N-methyl/N-ethyl adjacent to an activating group) is 1. The van der Waals surface area contributed by atoms with Gasteiger partial charge in [0.25, 0.3) is 0 Å². The highest BCUT2D eigenvalue weighted by Gasteiger charge is 2.32. The van der Waals surface area contributed by atoms with Crippen LogP contribution in [0.1, 0.15) is 45.9 Å². The molecule has 1 N–H and O–H groups in total. The second-order valence-corrected chi connectivity index (χ2v) is 6.35. The van der Waals surface area contributed by atoms with Gasteiger partial charge in [-0.3, -0.25) is 4.98 Å². The predicted molar refractivity (Wildman–Crippen MR) is 85.0 cm³/mol. The fourth-order valence-electron chi connectivity index (χ4n) is 2.52. The minimum absolute atomic E-state index is 0.104. The largest absolute Gasteiger partial charge is 0.376 e. The minimum Gasteiger partial charge on any atom is -0.376 e. The molecule has 0 aliphatic heterocycles. The van der Waals surface area contributed by atoms with Gasteiger partial charge in [0.1, 0.15) is 0 Å². The molecule has 3 heteroatoms. The van der Waals surface area contributed by atoms with Gasteiger partial charge in [0.05, 0.1) is 6.10 Å². The number of aryl methyl sites for hydroxylation is 1. The van der Waals surface area contributed by atoms with Crippen LogP contribution >= 0.6 is 0 Å². The molecular formula is C17H30N2O. The molecular weight excluding hydrogens is 248 g/mol. The van der Waals surface area contributed by atoms with Crippen LogP contribution in [0.5, 0.6) is 0 Å². The summed E-state index contributed by atoms with van der Waals surface area (Å²) in [5.41, 5.74) is 2.51. The molecule has 0 bridgehead atoms. The third kappa shape index (κ3) is 4.88.